The zero-order chi connectivity index (χ0) is 23.8. The molecular weight excluding hydrogens is 430 g/mol. The van der Waals surface area contributed by atoms with Gasteiger partial charge in [0.25, 0.3) is 0 Å². The van der Waals surface area contributed by atoms with E-state index in [0.717, 1.165) is 62.4 Å². The van der Waals surface area contributed by atoms with Crippen molar-refractivity contribution in [3.8, 4) is 39.5 Å². The van der Waals surface area contributed by atoms with Gasteiger partial charge >= 0.3 is 0 Å². The van der Waals surface area contributed by atoms with E-state index in [1.54, 1.807) is 7.11 Å². The third kappa shape index (κ3) is 3.93. The van der Waals surface area contributed by atoms with Crippen LogP contribution in [-0.4, -0.2) is 22.1 Å². The second kappa shape index (κ2) is 8.73. The lowest BCUT2D eigenvalue weighted by Gasteiger charge is -2.12. The Balaban J connectivity index is 1.56. The van der Waals surface area contributed by atoms with Gasteiger partial charge in [-0.1, -0.05) is 55.5 Å². The molecule has 0 amide bonds. The Labute approximate surface area is 204 Å². The molecule has 0 aliphatic carbocycles. The summed E-state index contributed by atoms with van der Waals surface area (Å²) in [5.74, 6) is 1.52. The molecule has 1 N–H and O–H groups in total. The highest BCUT2D eigenvalue weighted by Crippen LogP contribution is 2.34. The second-order valence-corrected chi connectivity index (χ2v) is 8.69. The minimum atomic E-state index is 0.719. The lowest BCUT2D eigenvalue weighted by atomic mass is 9.99. The van der Waals surface area contributed by atoms with Gasteiger partial charge < -0.3 is 9.72 Å². The van der Waals surface area contributed by atoms with Crippen LogP contribution in [0.25, 0.3) is 55.6 Å². The number of fused-ring (bicyclic) bond motifs is 2. The fraction of sp³-hybridized carbons (Fsp3) is 0.0968. The van der Waals surface area contributed by atoms with E-state index in [0.29, 0.717) is 0 Å². The van der Waals surface area contributed by atoms with Crippen LogP contribution in [0, 0.1) is 0 Å². The Bertz CT molecular complexity index is 1670. The fourth-order valence-electron chi connectivity index (χ4n) is 4.55. The van der Waals surface area contributed by atoms with Crippen LogP contribution in [0.3, 0.4) is 0 Å². The minimum Gasteiger partial charge on any atom is -0.497 e. The molecule has 0 saturated carbocycles. The first kappa shape index (κ1) is 21.1. The van der Waals surface area contributed by atoms with Crippen molar-refractivity contribution < 1.29 is 4.74 Å². The van der Waals surface area contributed by atoms with Crippen molar-refractivity contribution in [2.24, 2.45) is 0 Å². The highest BCUT2D eigenvalue weighted by Gasteiger charge is 2.14. The van der Waals surface area contributed by atoms with Crippen molar-refractivity contribution in [3.05, 3.63) is 103 Å². The maximum absolute atomic E-state index is 5.49. The van der Waals surface area contributed by atoms with Crippen LogP contribution in [0.4, 0.5) is 0 Å². The molecule has 0 radical (unpaired) electrons. The Morgan fingerprint density at radius 3 is 2.37 bits per heavy atom. The number of aryl methyl sites for hydroxylation is 1. The summed E-state index contributed by atoms with van der Waals surface area (Å²) in [7, 11) is 1.69. The molecule has 0 bridgehead atoms. The molecule has 0 aliphatic rings. The van der Waals surface area contributed by atoms with E-state index in [2.05, 4.69) is 84.7 Å². The van der Waals surface area contributed by atoms with Crippen molar-refractivity contribution in [2.75, 3.05) is 7.11 Å². The van der Waals surface area contributed by atoms with Gasteiger partial charge in [0.2, 0.25) is 0 Å². The normalized spacial score (nSPS) is 11.3. The quantitative estimate of drug-likeness (QED) is 0.290. The number of aromatic amines is 1. The molecule has 0 atom stereocenters. The number of ether oxygens (including phenoxy) is 1. The van der Waals surface area contributed by atoms with E-state index in [1.165, 1.54) is 10.9 Å². The van der Waals surface area contributed by atoms with Crippen molar-refractivity contribution in [2.45, 2.75) is 13.3 Å². The summed E-state index contributed by atoms with van der Waals surface area (Å²) < 4.78 is 5.49. The van der Waals surface area contributed by atoms with E-state index < -0.39 is 0 Å². The SMILES string of the molecule is CCc1ccc(-c2nc(-c3cccc(OC)c3)c3ccc(-c4ccc5[nH]ccc5c4)cc3n2)cc1. The molecule has 2 aromatic heterocycles. The van der Waals surface area contributed by atoms with Crippen LogP contribution in [0.5, 0.6) is 5.75 Å². The first-order valence-electron chi connectivity index (χ1n) is 11.8. The number of nitrogens with one attached hydrogen (secondary N) is 1. The second-order valence-electron chi connectivity index (χ2n) is 8.69. The summed E-state index contributed by atoms with van der Waals surface area (Å²) in [6.45, 7) is 2.16. The largest absolute Gasteiger partial charge is 0.497 e. The number of hydrogen-bond acceptors (Lipinski definition) is 3. The average Bonchev–Trinajstić information content (AvgIpc) is 3.40. The fourth-order valence-corrected chi connectivity index (χ4v) is 4.55. The number of benzene rings is 4. The molecule has 4 aromatic carbocycles. The number of nitrogens with zero attached hydrogens (tertiary/aromatic N) is 2. The van der Waals surface area contributed by atoms with Gasteiger partial charge in [0.15, 0.2) is 5.82 Å². The molecule has 0 fully saturated rings. The predicted molar refractivity (Wildman–Crippen MR) is 144 cm³/mol. The maximum Gasteiger partial charge on any atom is 0.160 e. The van der Waals surface area contributed by atoms with E-state index in [-0.39, 0.29) is 0 Å². The monoisotopic (exact) mass is 455 g/mol. The van der Waals surface area contributed by atoms with Crippen molar-refractivity contribution in [1.82, 2.24) is 15.0 Å². The zero-order valence-corrected chi connectivity index (χ0v) is 19.7. The number of H-pyrrole nitrogens is 1. The zero-order valence-electron chi connectivity index (χ0n) is 19.7. The van der Waals surface area contributed by atoms with Crippen LogP contribution in [0.2, 0.25) is 0 Å². The van der Waals surface area contributed by atoms with Gasteiger partial charge in [0.1, 0.15) is 5.75 Å². The average molecular weight is 456 g/mol. The molecule has 2 heterocycles. The van der Waals surface area contributed by atoms with E-state index >= 15 is 0 Å². The lowest BCUT2D eigenvalue weighted by Crippen LogP contribution is -1.96. The standard InChI is InChI=1S/C31H25N3O/c1-3-20-7-9-21(10-8-20)31-33-29-19-23(22-12-14-28-24(17-22)15-16-32-28)11-13-27(29)30(34-31)25-5-4-6-26(18-25)35-2/h4-19,32H,3H2,1-2H3. The Kier molecular flexibility index (Phi) is 5.27. The van der Waals surface area contributed by atoms with Crippen molar-refractivity contribution in [1.29, 1.82) is 0 Å². The molecule has 0 unspecified atom stereocenters. The van der Waals surface area contributed by atoms with Gasteiger partial charge in [-0.2, -0.15) is 0 Å². The molecule has 0 spiro atoms. The number of hydrogen-bond donors (Lipinski definition) is 1. The van der Waals surface area contributed by atoms with E-state index in [1.807, 2.05) is 24.4 Å². The van der Waals surface area contributed by atoms with Gasteiger partial charge in [0, 0.05) is 28.2 Å². The third-order valence-corrected chi connectivity index (χ3v) is 6.55. The topological polar surface area (TPSA) is 50.8 Å². The first-order valence-corrected chi connectivity index (χ1v) is 11.8. The number of aromatic nitrogens is 3. The molecule has 35 heavy (non-hydrogen) atoms. The van der Waals surface area contributed by atoms with Crippen molar-refractivity contribution in [3.63, 3.8) is 0 Å². The summed E-state index contributed by atoms with van der Waals surface area (Å²) in [5, 5.41) is 2.21. The maximum atomic E-state index is 5.49. The Morgan fingerprint density at radius 2 is 1.54 bits per heavy atom. The summed E-state index contributed by atoms with van der Waals surface area (Å²) in [6, 6.07) is 31.6. The van der Waals surface area contributed by atoms with Gasteiger partial charge in [-0.05, 0) is 71.0 Å². The lowest BCUT2D eigenvalue weighted by molar-refractivity contribution is 0.415. The first-order chi connectivity index (χ1) is 17.2. The van der Waals surface area contributed by atoms with E-state index in [9.17, 15) is 0 Å². The highest BCUT2D eigenvalue weighted by atomic mass is 16.5. The molecule has 6 aromatic rings. The van der Waals surface area contributed by atoms with Crippen LogP contribution in [0.1, 0.15) is 12.5 Å². The molecule has 4 nitrogen and oxygen atoms in total. The molecule has 6 rings (SSSR count). The van der Waals surface area contributed by atoms with Crippen LogP contribution >= 0.6 is 0 Å². The highest BCUT2D eigenvalue weighted by molar-refractivity contribution is 5.96. The van der Waals surface area contributed by atoms with Crippen LogP contribution in [0.15, 0.2) is 97.2 Å². The summed E-state index contributed by atoms with van der Waals surface area (Å²) in [4.78, 5) is 13.3. The molecule has 4 heteroatoms. The van der Waals surface area contributed by atoms with Crippen molar-refractivity contribution >= 4 is 21.8 Å². The Morgan fingerprint density at radius 1 is 0.743 bits per heavy atom. The smallest absolute Gasteiger partial charge is 0.160 e. The molecule has 0 aliphatic heterocycles. The predicted octanol–water partition coefficient (Wildman–Crippen LogP) is 7.68. The summed E-state index contributed by atoms with van der Waals surface area (Å²) in [5.41, 5.74) is 8.55. The Hall–Kier alpha value is -4.44. The molecule has 0 saturated heterocycles. The van der Waals surface area contributed by atoms with Gasteiger partial charge in [-0.25, -0.2) is 9.97 Å². The summed E-state index contributed by atoms with van der Waals surface area (Å²) >= 11 is 0. The molecule has 170 valence electrons. The third-order valence-electron chi connectivity index (χ3n) is 6.55. The van der Waals surface area contributed by atoms with Gasteiger partial charge in [0.05, 0.1) is 18.3 Å². The van der Waals surface area contributed by atoms with Crippen LogP contribution < -0.4 is 4.74 Å². The molecular formula is C31H25N3O. The number of rotatable bonds is 5. The van der Waals surface area contributed by atoms with Gasteiger partial charge in [-0.15, -0.1) is 0 Å². The van der Waals surface area contributed by atoms with E-state index in [4.69, 9.17) is 14.7 Å². The number of methoxy groups -OCH3 is 1. The summed E-state index contributed by atoms with van der Waals surface area (Å²) in [6.07, 6.45) is 2.97. The van der Waals surface area contributed by atoms with Gasteiger partial charge in [-0.3, -0.25) is 0 Å². The van der Waals surface area contributed by atoms with Crippen LogP contribution in [-0.2, 0) is 6.42 Å². The minimum absolute atomic E-state index is 0.719.